The molecule has 0 aliphatic heterocycles. The average Bonchev–Trinajstić information content (AvgIpc) is 2.52. The van der Waals surface area contributed by atoms with Gasteiger partial charge in [0.15, 0.2) is 0 Å². The highest BCUT2D eigenvalue weighted by Crippen LogP contribution is 2.29. The van der Waals surface area contributed by atoms with Crippen molar-refractivity contribution in [3.8, 4) is 16.9 Å². The van der Waals surface area contributed by atoms with Crippen molar-refractivity contribution in [2.24, 2.45) is 0 Å². The fraction of sp³-hybridized carbons (Fsp3) is 0.350. The van der Waals surface area contributed by atoms with Crippen molar-refractivity contribution >= 4 is 11.8 Å². The predicted octanol–water partition coefficient (Wildman–Crippen LogP) is 4.36. The number of carbonyl (C=O) groups excluding carboxylic acids is 1. The maximum atomic E-state index is 11.7. The molecule has 0 aliphatic rings. The Labute approximate surface area is 149 Å². The molecule has 0 saturated carbocycles. The second-order valence-corrected chi connectivity index (χ2v) is 6.74. The lowest BCUT2D eigenvalue weighted by atomic mass is 10.0. The Hall–Kier alpha value is -2.69. The van der Waals surface area contributed by atoms with Crippen LogP contribution in [0.25, 0.3) is 11.1 Å². The summed E-state index contributed by atoms with van der Waals surface area (Å²) in [6.45, 7) is 8.42. The van der Waals surface area contributed by atoms with Gasteiger partial charge < -0.3 is 20.5 Å². The second kappa shape index (κ2) is 7.92. The van der Waals surface area contributed by atoms with Crippen LogP contribution in [-0.2, 0) is 11.3 Å². The molecule has 1 amide bonds. The zero-order valence-electron chi connectivity index (χ0n) is 15.3. The van der Waals surface area contributed by atoms with E-state index >= 15 is 0 Å². The third-order valence-electron chi connectivity index (χ3n) is 3.41. The summed E-state index contributed by atoms with van der Waals surface area (Å²) < 4.78 is 10.8. The molecule has 25 heavy (non-hydrogen) atoms. The molecule has 2 aromatic rings. The fourth-order valence-electron chi connectivity index (χ4n) is 2.39. The number of ether oxygens (including phenoxy) is 2. The van der Waals surface area contributed by atoms with Crippen molar-refractivity contribution in [1.82, 2.24) is 5.32 Å². The van der Waals surface area contributed by atoms with Gasteiger partial charge in [-0.25, -0.2) is 4.79 Å². The molecular formula is C20H26N2O3. The largest absolute Gasteiger partial charge is 0.494 e. The Morgan fingerprint density at radius 1 is 1.16 bits per heavy atom. The summed E-state index contributed by atoms with van der Waals surface area (Å²) in [6, 6.07) is 13.6. The first-order valence-electron chi connectivity index (χ1n) is 8.37. The number of nitrogens with two attached hydrogens (primary N) is 1. The molecule has 0 atom stereocenters. The van der Waals surface area contributed by atoms with Crippen LogP contribution in [0.15, 0.2) is 42.5 Å². The molecule has 0 bridgehead atoms. The number of nitrogen functional groups attached to an aromatic ring is 1. The molecule has 0 aromatic heterocycles. The van der Waals surface area contributed by atoms with Gasteiger partial charge in [0.05, 0.1) is 6.61 Å². The van der Waals surface area contributed by atoms with Crippen LogP contribution in [0.1, 0.15) is 33.3 Å². The summed E-state index contributed by atoms with van der Waals surface area (Å²) in [7, 11) is 0. The quantitative estimate of drug-likeness (QED) is 0.792. The van der Waals surface area contributed by atoms with Crippen molar-refractivity contribution in [2.45, 2.75) is 39.8 Å². The Morgan fingerprint density at radius 2 is 1.92 bits per heavy atom. The second-order valence-electron chi connectivity index (χ2n) is 6.74. The van der Waals surface area contributed by atoms with Gasteiger partial charge in [-0.1, -0.05) is 24.3 Å². The van der Waals surface area contributed by atoms with Crippen molar-refractivity contribution in [1.29, 1.82) is 0 Å². The normalized spacial score (nSPS) is 11.0. The minimum atomic E-state index is -0.515. The van der Waals surface area contributed by atoms with Gasteiger partial charge in [0.1, 0.15) is 11.4 Å². The third-order valence-corrected chi connectivity index (χ3v) is 3.41. The van der Waals surface area contributed by atoms with Crippen molar-refractivity contribution in [2.75, 3.05) is 12.3 Å². The Bertz CT molecular complexity index is 736. The molecule has 5 heteroatoms. The summed E-state index contributed by atoms with van der Waals surface area (Å²) in [5.41, 5.74) is 9.17. The van der Waals surface area contributed by atoms with E-state index in [-0.39, 0.29) is 0 Å². The highest BCUT2D eigenvalue weighted by Gasteiger charge is 2.15. The predicted molar refractivity (Wildman–Crippen MR) is 101 cm³/mol. The van der Waals surface area contributed by atoms with Crippen LogP contribution in [0.3, 0.4) is 0 Å². The van der Waals surface area contributed by atoms with E-state index in [4.69, 9.17) is 15.2 Å². The van der Waals surface area contributed by atoms with E-state index in [1.54, 1.807) is 0 Å². The molecule has 0 aliphatic carbocycles. The molecule has 0 unspecified atom stereocenters. The summed E-state index contributed by atoms with van der Waals surface area (Å²) in [5.74, 6) is 0.815. The fourth-order valence-corrected chi connectivity index (χ4v) is 2.39. The number of hydrogen-bond acceptors (Lipinski definition) is 4. The van der Waals surface area contributed by atoms with Crippen molar-refractivity contribution in [3.05, 3.63) is 48.0 Å². The minimum Gasteiger partial charge on any atom is -0.494 e. The molecular weight excluding hydrogens is 316 g/mol. The van der Waals surface area contributed by atoms with Crippen LogP contribution < -0.4 is 15.8 Å². The summed E-state index contributed by atoms with van der Waals surface area (Å²) >= 11 is 0. The lowest BCUT2D eigenvalue weighted by Crippen LogP contribution is -2.32. The molecule has 0 fully saturated rings. The van der Waals surface area contributed by atoms with E-state index in [1.165, 1.54) is 0 Å². The molecule has 0 heterocycles. The maximum Gasteiger partial charge on any atom is 0.407 e. The number of nitrogens with one attached hydrogen (secondary N) is 1. The monoisotopic (exact) mass is 342 g/mol. The maximum absolute atomic E-state index is 11.7. The van der Waals surface area contributed by atoms with Gasteiger partial charge in [-0.3, -0.25) is 0 Å². The topological polar surface area (TPSA) is 73.6 Å². The standard InChI is InChI=1S/C20H26N2O3/c1-5-24-16-8-6-7-15(12-16)17-10-9-14(11-18(17)21)13-22-19(23)25-20(2,3)4/h6-12H,5,13,21H2,1-4H3,(H,22,23). The molecule has 134 valence electrons. The average molecular weight is 342 g/mol. The van der Waals surface area contributed by atoms with E-state index < -0.39 is 11.7 Å². The van der Waals surface area contributed by atoms with E-state index in [9.17, 15) is 4.79 Å². The van der Waals surface area contributed by atoms with Crippen LogP contribution in [0.5, 0.6) is 5.75 Å². The lowest BCUT2D eigenvalue weighted by molar-refractivity contribution is 0.0523. The molecule has 0 radical (unpaired) electrons. The zero-order chi connectivity index (χ0) is 18.4. The van der Waals surface area contributed by atoms with Crippen LogP contribution in [-0.4, -0.2) is 18.3 Å². The lowest BCUT2D eigenvalue weighted by Gasteiger charge is -2.19. The van der Waals surface area contributed by atoms with E-state index in [1.807, 2.05) is 70.2 Å². The van der Waals surface area contributed by atoms with Gasteiger partial charge in [0, 0.05) is 17.8 Å². The number of alkyl carbamates (subject to hydrolysis) is 1. The summed E-state index contributed by atoms with van der Waals surface area (Å²) in [4.78, 5) is 11.7. The first-order chi connectivity index (χ1) is 11.8. The highest BCUT2D eigenvalue weighted by atomic mass is 16.6. The number of hydrogen-bond donors (Lipinski definition) is 2. The highest BCUT2D eigenvalue weighted by molar-refractivity contribution is 5.77. The molecule has 2 aromatic carbocycles. The number of benzene rings is 2. The molecule has 3 N–H and O–H groups in total. The van der Waals surface area contributed by atoms with E-state index in [0.717, 1.165) is 22.4 Å². The van der Waals surface area contributed by atoms with Gasteiger partial charge in [-0.2, -0.15) is 0 Å². The van der Waals surface area contributed by atoms with Crippen LogP contribution >= 0.6 is 0 Å². The molecule has 2 rings (SSSR count). The number of rotatable bonds is 5. The first kappa shape index (κ1) is 18.6. The summed E-state index contributed by atoms with van der Waals surface area (Å²) in [6.07, 6.45) is -0.445. The SMILES string of the molecule is CCOc1cccc(-c2ccc(CNC(=O)OC(C)(C)C)cc2N)c1. The first-order valence-corrected chi connectivity index (χ1v) is 8.37. The van der Waals surface area contributed by atoms with Crippen LogP contribution in [0.4, 0.5) is 10.5 Å². The minimum absolute atomic E-state index is 0.360. The van der Waals surface area contributed by atoms with Gasteiger partial charge in [-0.05, 0) is 57.0 Å². The molecule has 0 spiro atoms. The van der Waals surface area contributed by atoms with Crippen LogP contribution in [0, 0.1) is 0 Å². The van der Waals surface area contributed by atoms with Gasteiger partial charge in [-0.15, -0.1) is 0 Å². The van der Waals surface area contributed by atoms with Crippen LogP contribution in [0.2, 0.25) is 0 Å². The van der Waals surface area contributed by atoms with E-state index in [2.05, 4.69) is 5.32 Å². The molecule has 0 saturated heterocycles. The van der Waals surface area contributed by atoms with E-state index in [0.29, 0.717) is 18.8 Å². The zero-order valence-corrected chi connectivity index (χ0v) is 15.3. The van der Waals surface area contributed by atoms with Crippen molar-refractivity contribution < 1.29 is 14.3 Å². The van der Waals surface area contributed by atoms with Crippen molar-refractivity contribution in [3.63, 3.8) is 0 Å². The van der Waals surface area contributed by atoms with Gasteiger partial charge >= 0.3 is 6.09 Å². The van der Waals surface area contributed by atoms with Gasteiger partial charge in [0.25, 0.3) is 0 Å². The Kier molecular flexibility index (Phi) is 5.91. The summed E-state index contributed by atoms with van der Waals surface area (Å²) in [5, 5.41) is 2.73. The Balaban J connectivity index is 2.08. The smallest absolute Gasteiger partial charge is 0.407 e. The van der Waals surface area contributed by atoms with Gasteiger partial charge in [0.2, 0.25) is 0 Å². The third kappa shape index (κ3) is 5.71. The Morgan fingerprint density at radius 3 is 2.56 bits per heavy atom. The number of amides is 1. The number of carbonyl (C=O) groups is 1. The number of anilines is 1. The molecule has 5 nitrogen and oxygen atoms in total.